The predicted octanol–water partition coefficient (Wildman–Crippen LogP) is 3.98. The lowest BCUT2D eigenvalue weighted by molar-refractivity contribution is 0.469. The van der Waals surface area contributed by atoms with Crippen molar-refractivity contribution in [2.24, 2.45) is 0 Å². The Hall–Kier alpha value is -0.500. The summed E-state index contributed by atoms with van der Waals surface area (Å²) in [5.74, 6) is 1.06. The van der Waals surface area contributed by atoms with E-state index in [-0.39, 0.29) is 0 Å². The third-order valence-electron chi connectivity index (χ3n) is 3.10. The van der Waals surface area contributed by atoms with Crippen LogP contribution in [-0.4, -0.2) is 5.11 Å². The summed E-state index contributed by atoms with van der Waals surface area (Å²) in [5, 5.41) is 9.50. The molecular weight excluding hydrogens is 240 g/mol. The third kappa shape index (κ3) is 1.68. The van der Waals surface area contributed by atoms with Crippen LogP contribution in [0.2, 0.25) is 0 Å². The van der Waals surface area contributed by atoms with Gasteiger partial charge in [0.15, 0.2) is 0 Å². The quantitative estimate of drug-likeness (QED) is 0.804. The van der Waals surface area contributed by atoms with Gasteiger partial charge < -0.3 is 5.11 Å². The van der Waals surface area contributed by atoms with Crippen LogP contribution in [-0.2, 0) is 6.42 Å². The van der Waals surface area contributed by atoms with Crippen molar-refractivity contribution in [3.05, 3.63) is 27.7 Å². The second kappa shape index (κ2) is 3.93. The van der Waals surface area contributed by atoms with Crippen molar-refractivity contribution in [1.82, 2.24) is 0 Å². The van der Waals surface area contributed by atoms with E-state index in [1.807, 2.05) is 12.1 Å². The summed E-state index contributed by atoms with van der Waals surface area (Å²) >= 11 is 3.55. The van der Waals surface area contributed by atoms with Crippen molar-refractivity contribution in [1.29, 1.82) is 0 Å². The number of aromatic hydroxyl groups is 1. The topological polar surface area (TPSA) is 20.2 Å². The van der Waals surface area contributed by atoms with Gasteiger partial charge in [-0.25, -0.2) is 0 Å². The van der Waals surface area contributed by atoms with Gasteiger partial charge in [0.1, 0.15) is 5.75 Å². The molecule has 2 rings (SSSR count). The molecule has 1 aromatic carbocycles. The number of rotatable bonds is 1. The van der Waals surface area contributed by atoms with Crippen LogP contribution in [0.3, 0.4) is 0 Å². The van der Waals surface area contributed by atoms with Crippen LogP contribution < -0.4 is 0 Å². The fourth-order valence-electron chi connectivity index (χ4n) is 2.41. The molecule has 14 heavy (non-hydrogen) atoms. The molecule has 0 aliphatic heterocycles. The van der Waals surface area contributed by atoms with Crippen molar-refractivity contribution < 1.29 is 5.11 Å². The lowest BCUT2D eigenvalue weighted by Crippen LogP contribution is -2.09. The highest BCUT2D eigenvalue weighted by Gasteiger charge is 2.21. The molecule has 0 radical (unpaired) electrons. The molecule has 1 aromatic rings. The molecule has 1 aliphatic rings. The van der Waals surface area contributed by atoms with Gasteiger partial charge in [-0.2, -0.15) is 0 Å². The van der Waals surface area contributed by atoms with Crippen molar-refractivity contribution >= 4 is 15.9 Å². The molecule has 0 saturated carbocycles. The second-order valence-electron chi connectivity index (χ2n) is 4.00. The fourth-order valence-corrected chi connectivity index (χ4v) is 3.23. The monoisotopic (exact) mass is 254 g/mol. The van der Waals surface area contributed by atoms with Gasteiger partial charge in [0.25, 0.3) is 0 Å². The van der Waals surface area contributed by atoms with E-state index >= 15 is 0 Å². The first-order valence-corrected chi connectivity index (χ1v) is 6.03. The number of hydrogen-bond acceptors (Lipinski definition) is 1. The summed E-state index contributed by atoms with van der Waals surface area (Å²) in [6.45, 7) is 2.24. The first kappa shape index (κ1) is 10.0. The van der Waals surface area contributed by atoms with Crippen molar-refractivity contribution in [2.75, 3.05) is 0 Å². The van der Waals surface area contributed by atoms with Crippen molar-refractivity contribution in [2.45, 2.75) is 38.5 Å². The molecule has 1 N–H and O–H groups in total. The number of halogens is 1. The maximum atomic E-state index is 9.50. The average molecular weight is 255 g/mol. The number of fused-ring (bicyclic) bond motifs is 1. The Morgan fingerprint density at radius 2 is 2.29 bits per heavy atom. The molecule has 2 heteroatoms. The first-order valence-electron chi connectivity index (χ1n) is 5.23. The highest BCUT2D eigenvalue weighted by molar-refractivity contribution is 9.10. The average Bonchev–Trinajstić information content (AvgIpc) is 2.16. The third-order valence-corrected chi connectivity index (χ3v) is 3.76. The lowest BCUT2D eigenvalue weighted by atomic mass is 9.81. The van der Waals surface area contributed by atoms with Crippen LogP contribution in [0, 0.1) is 0 Å². The molecule has 0 aromatic heterocycles. The highest BCUT2D eigenvalue weighted by Crippen LogP contribution is 2.40. The van der Waals surface area contributed by atoms with E-state index in [9.17, 15) is 5.11 Å². The zero-order valence-corrected chi connectivity index (χ0v) is 9.97. The molecule has 0 spiro atoms. The lowest BCUT2D eigenvalue weighted by Gasteiger charge is -2.25. The molecule has 0 unspecified atom stereocenters. The van der Waals surface area contributed by atoms with E-state index in [0.717, 1.165) is 10.9 Å². The van der Waals surface area contributed by atoms with Crippen LogP contribution in [0.25, 0.3) is 0 Å². The molecule has 76 valence electrons. The molecule has 0 heterocycles. The molecule has 0 amide bonds. The Morgan fingerprint density at radius 3 is 3.00 bits per heavy atom. The minimum atomic E-state index is 0.382. The fraction of sp³-hybridized carbons (Fsp3) is 0.500. The number of hydrogen-bond donors (Lipinski definition) is 1. The van der Waals surface area contributed by atoms with Gasteiger partial charge in [0.2, 0.25) is 0 Å². The number of phenols is 1. The minimum absolute atomic E-state index is 0.382. The van der Waals surface area contributed by atoms with Crippen LogP contribution >= 0.6 is 15.9 Å². The summed E-state index contributed by atoms with van der Waals surface area (Å²) in [6, 6.07) is 3.73. The van der Waals surface area contributed by atoms with E-state index in [4.69, 9.17) is 0 Å². The number of aryl methyl sites for hydroxylation is 1. The normalized spacial score (nSPS) is 20.6. The maximum absolute atomic E-state index is 9.50. The van der Waals surface area contributed by atoms with Gasteiger partial charge in [0, 0.05) is 4.47 Å². The molecule has 0 saturated heterocycles. The minimum Gasteiger partial charge on any atom is -0.508 e. The molecule has 1 aliphatic carbocycles. The van der Waals surface area contributed by atoms with Crippen LogP contribution in [0.1, 0.15) is 43.2 Å². The summed E-state index contributed by atoms with van der Waals surface area (Å²) in [5.41, 5.74) is 2.76. The first-order chi connectivity index (χ1) is 6.72. The number of benzene rings is 1. The van der Waals surface area contributed by atoms with Crippen molar-refractivity contribution in [3.63, 3.8) is 0 Å². The molecule has 1 nitrogen and oxygen atoms in total. The van der Waals surface area contributed by atoms with Gasteiger partial charge in [-0.1, -0.05) is 22.9 Å². The van der Waals surface area contributed by atoms with Gasteiger partial charge in [0.05, 0.1) is 0 Å². The Bertz CT molecular complexity index is 346. The van der Waals surface area contributed by atoms with Gasteiger partial charge in [-0.05, 0) is 54.9 Å². The van der Waals surface area contributed by atoms with Crippen LogP contribution in [0.5, 0.6) is 5.75 Å². The Morgan fingerprint density at radius 1 is 1.50 bits per heavy atom. The standard InChI is InChI=1S/C12H15BrO/c1-2-8-4-3-5-9-6-10(14)7-11(13)12(8)9/h6-8,14H,2-5H2,1H3/t8-/m0/s1. The molecule has 0 bridgehead atoms. The maximum Gasteiger partial charge on any atom is 0.116 e. The predicted molar refractivity (Wildman–Crippen MR) is 61.8 cm³/mol. The van der Waals surface area contributed by atoms with Crippen LogP contribution in [0.15, 0.2) is 16.6 Å². The summed E-state index contributed by atoms with van der Waals surface area (Å²) in [7, 11) is 0. The Balaban J connectivity index is 2.51. The smallest absolute Gasteiger partial charge is 0.116 e. The zero-order valence-electron chi connectivity index (χ0n) is 8.39. The van der Waals surface area contributed by atoms with Crippen molar-refractivity contribution in [3.8, 4) is 5.75 Å². The summed E-state index contributed by atoms with van der Waals surface area (Å²) < 4.78 is 1.08. The van der Waals surface area contributed by atoms with Crippen LogP contribution in [0.4, 0.5) is 0 Å². The summed E-state index contributed by atoms with van der Waals surface area (Å²) in [6.07, 6.45) is 4.84. The van der Waals surface area contributed by atoms with E-state index in [2.05, 4.69) is 22.9 Å². The largest absolute Gasteiger partial charge is 0.508 e. The second-order valence-corrected chi connectivity index (χ2v) is 4.85. The van der Waals surface area contributed by atoms with Gasteiger partial charge in [-0.15, -0.1) is 0 Å². The highest BCUT2D eigenvalue weighted by atomic mass is 79.9. The SMILES string of the molecule is CC[C@H]1CCCc2cc(O)cc(Br)c21. The van der Waals surface area contributed by atoms with Gasteiger partial charge >= 0.3 is 0 Å². The van der Waals surface area contributed by atoms with E-state index in [1.165, 1.54) is 30.4 Å². The van der Waals surface area contributed by atoms with E-state index < -0.39 is 0 Å². The molecular formula is C12H15BrO. The number of phenolic OH excluding ortho intramolecular Hbond substituents is 1. The molecule has 1 atom stereocenters. The Labute approximate surface area is 93.3 Å². The Kier molecular flexibility index (Phi) is 2.82. The summed E-state index contributed by atoms with van der Waals surface area (Å²) in [4.78, 5) is 0. The van der Waals surface area contributed by atoms with Gasteiger partial charge in [-0.3, -0.25) is 0 Å². The molecule has 0 fully saturated rings. The zero-order chi connectivity index (χ0) is 10.1. The van der Waals surface area contributed by atoms with E-state index in [0.29, 0.717) is 11.7 Å². The van der Waals surface area contributed by atoms with E-state index in [1.54, 1.807) is 0 Å².